The van der Waals surface area contributed by atoms with Crippen molar-refractivity contribution >= 4 is 16.7 Å². The van der Waals surface area contributed by atoms with Crippen molar-refractivity contribution in [2.24, 2.45) is 0 Å². The third-order valence-corrected chi connectivity index (χ3v) is 2.60. The Balaban J connectivity index is 2.87. The molecule has 4 heteroatoms. The summed E-state index contributed by atoms with van der Waals surface area (Å²) < 4.78 is 0. The Hall–Kier alpha value is -1.97. The molecule has 0 fully saturated rings. The van der Waals surface area contributed by atoms with E-state index in [1.807, 2.05) is 13.0 Å². The van der Waals surface area contributed by atoms with Crippen LogP contribution in [-0.2, 0) is 6.42 Å². The molecule has 1 heterocycles. The Morgan fingerprint density at radius 1 is 1.50 bits per heavy atom. The normalized spacial score (nSPS) is 10.6. The average molecular weight is 216 g/mol. The highest BCUT2D eigenvalue weighted by Crippen LogP contribution is 2.30. The molecule has 2 aromatic rings. The largest absolute Gasteiger partial charge is 0.506 e. The van der Waals surface area contributed by atoms with Crippen molar-refractivity contribution in [2.45, 2.75) is 20.3 Å². The molecule has 0 saturated heterocycles. The van der Waals surface area contributed by atoms with Crippen LogP contribution >= 0.6 is 0 Å². The summed E-state index contributed by atoms with van der Waals surface area (Å²) in [6.07, 6.45) is 3.63. The summed E-state index contributed by atoms with van der Waals surface area (Å²) in [6, 6.07) is 1.83. The van der Waals surface area contributed by atoms with Crippen molar-refractivity contribution < 1.29 is 9.90 Å². The zero-order valence-electron chi connectivity index (χ0n) is 9.19. The maximum absolute atomic E-state index is 11.5. The summed E-state index contributed by atoms with van der Waals surface area (Å²) in [6.45, 7) is 3.39. The number of phenolic OH excluding ortho intramolecular Hbond substituents is 1. The number of hydrogen-bond acceptors (Lipinski definition) is 4. The number of ketones is 1. The number of aromatic hydroxyl groups is 1. The lowest BCUT2D eigenvalue weighted by molar-refractivity contribution is 0.101. The van der Waals surface area contributed by atoms with E-state index < -0.39 is 0 Å². The second-order valence-corrected chi connectivity index (χ2v) is 3.62. The molecule has 4 nitrogen and oxygen atoms in total. The lowest BCUT2D eigenvalue weighted by atomic mass is 9.98. The van der Waals surface area contributed by atoms with Crippen LogP contribution in [-0.4, -0.2) is 20.9 Å². The van der Waals surface area contributed by atoms with E-state index in [2.05, 4.69) is 9.97 Å². The second-order valence-electron chi connectivity index (χ2n) is 3.62. The van der Waals surface area contributed by atoms with Gasteiger partial charge in [-0.25, -0.2) is 9.97 Å². The minimum atomic E-state index is -0.139. The predicted molar refractivity (Wildman–Crippen MR) is 60.6 cm³/mol. The van der Waals surface area contributed by atoms with Gasteiger partial charge in [-0.2, -0.15) is 0 Å². The number of rotatable bonds is 2. The standard InChI is InChI=1S/C12H12N2O2/c1-3-8-4-10-9(5-13-6-14-10)12(16)11(8)7(2)15/h4-6,16H,3H2,1-2H3. The molecule has 16 heavy (non-hydrogen) atoms. The number of fused-ring (bicyclic) bond motifs is 1. The van der Waals surface area contributed by atoms with E-state index in [0.29, 0.717) is 22.9 Å². The van der Waals surface area contributed by atoms with Crippen molar-refractivity contribution in [2.75, 3.05) is 0 Å². The number of Topliss-reactive ketones (excluding diaryl/α,β-unsaturated/α-hetero) is 1. The lowest BCUT2D eigenvalue weighted by Crippen LogP contribution is -2.00. The summed E-state index contributed by atoms with van der Waals surface area (Å²) in [5.41, 5.74) is 1.86. The van der Waals surface area contributed by atoms with Crippen LogP contribution in [0, 0.1) is 0 Å². The molecule has 2 rings (SSSR count). The Bertz CT molecular complexity index is 564. The van der Waals surface area contributed by atoms with Gasteiger partial charge in [-0.15, -0.1) is 0 Å². The van der Waals surface area contributed by atoms with Gasteiger partial charge in [-0.3, -0.25) is 4.79 Å². The van der Waals surface area contributed by atoms with Gasteiger partial charge < -0.3 is 5.11 Å². The Labute approximate surface area is 93.0 Å². The van der Waals surface area contributed by atoms with Crippen LogP contribution < -0.4 is 0 Å². The first-order valence-corrected chi connectivity index (χ1v) is 5.10. The number of nitrogens with zero attached hydrogens (tertiary/aromatic N) is 2. The van der Waals surface area contributed by atoms with Crippen LogP contribution in [0.25, 0.3) is 10.9 Å². The maximum Gasteiger partial charge on any atom is 0.163 e. The van der Waals surface area contributed by atoms with Gasteiger partial charge in [0.25, 0.3) is 0 Å². The second kappa shape index (κ2) is 3.89. The highest BCUT2D eigenvalue weighted by Gasteiger charge is 2.15. The fraction of sp³-hybridized carbons (Fsp3) is 0.250. The molecule has 0 radical (unpaired) electrons. The van der Waals surface area contributed by atoms with E-state index >= 15 is 0 Å². The van der Waals surface area contributed by atoms with Gasteiger partial charge in [0.1, 0.15) is 12.1 Å². The minimum absolute atomic E-state index is 0.0116. The third kappa shape index (κ3) is 1.52. The monoisotopic (exact) mass is 216 g/mol. The molecule has 1 aromatic heterocycles. The van der Waals surface area contributed by atoms with Crippen LogP contribution in [0.3, 0.4) is 0 Å². The van der Waals surface area contributed by atoms with Crippen LogP contribution in [0.4, 0.5) is 0 Å². The number of benzene rings is 1. The van der Waals surface area contributed by atoms with E-state index in [0.717, 1.165) is 5.56 Å². The summed E-state index contributed by atoms with van der Waals surface area (Å²) in [4.78, 5) is 19.4. The van der Waals surface area contributed by atoms with Gasteiger partial charge in [0.2, 0.25) is 0 Å². The van der Waals surface area contributed by atoms with Crippen LogP contribution in [0.1, 0.15) is 29.8 Å². The molecule has 0 saturated carbocycles. The Morgan fingerprint density at radius 3 is 2.88 bits per heavy atom. The number of hydrogen-bond donors (Lipinski definition) is 1. The van der Waals surface area contributed by atoms with Crippen molar-refractivity contribution in [3.63, 3.8) is 0 Å². The van der Waals surface area contributed by atoms with Crippen molar-refractivity contribution in [1.82, 2.24) is 9.97 Å². The molecule has 1 N–H and O–H groups in total. The highest BCUT2D eigenvalue weighted by molar-refractivity contribution is 6.04. The summed E-state index contributed by atoms with van der Waals surface area (Å²) in [5, 5.41) is 10.5. The van der Waals surface area contributed by atoms with E-state index in [9.17, 15) is 9.90 Å². The molecular weight excluding hydrogens is 204 g/mol. The molecule has 82 valence electrons. The fourth-order valence-electron chi connectivity index (χ4n) is 1.83. The summed E-state index contributed by atoms with van der Waals surface area (Å²) in [7, 11) is 0. The number of aryl methyl sites for hydroxylation is 1. The first-order valence-electron chi connectivity index (χ1n) is 5.10. The van der Waals surface area contributed by atoms with Crippen molar-refractivity contribution in [3.05, 3.63) is 29.7 Å². The number of carbonyl (C=O) groups excluding carboxylic acids is 1. The zero-order chi connectivity index (χ0) is 11.7. The molecule has 0 aliphatic carbocycles. The van der Waals surface area contributed by atoms with Crippen LogP contribution in [0.2, 0.25) is 0 Å². The van der Waals surface area contributed by atoms with Gasteiger partial charge in [-0.05, 0) is 25.0 Å². The average Bonchev–Trinajstić information content (AvgIpc) is 2.28. The molecule has 1 aromatic carbocycles. The fourth-order valence-corrected chi connectivity index (χ4v) is 1.83. The Kier molecular flexibility index (Phi) is 2.56. The molecule has 0 aliphatic rings. The SMILES string of the molecule is CCc1cc2ncncc2c(O)c1C(C)=O. The molecule has 0 spiro atoms. The molecule has 0 unspecified atom stereocenters. The zero-order valence-corrected chi connectivity index (χ0v) is 9.19. The van der Waals surface area contributed by atoms with Gasteiger partial charge >= 0.3 is 0 Å². The maximum atomic E-state index is 11.5. The topological polar surface area (TPSA) is 63.1 Å². The molecule has 0 aliphatic heterocycles. The van der Waals surface area contributed by atoms with Crippen molar-refractivity contribution in [1.29, 1.82) is 0 Å². The van der Waals surface area contributed by atoms with E-state index in [-0.39, 0.29) is 11.5 Å². The Morgan fingerprint density at radius 2 is 2.25 bits per heavy atom. The number of aromatic nitrogens is 2. The summed E-state index contributed by atoms with van der Waals surface area (Å²) in [5.74, 6) is -0.150. The van der Waals surface area contributed by atoms with E-state index in [1.54, 1.807) is 0 Å². The highest BCUT2D eigenvalue weighted by atomic mass is 16.3. The minimum Gasteiger partial charge on any atom is -0.506 e. The number of phenols is 1. The first-order chi connectivity index (χ1) is 7.65. The third-order valence-electron chi connectivity index (χ3n) is 2.60. The van der Waals surface area contributed by atoms with E-state index in [4.69, 9.17) is 0 Å². The van der Waals surface area contributed by atoms with Gasteiger partial charge in [0, 0.05) is 6.20 Å². The molecule has 0 bridgehead atoms. The van der Waals surface area contributed by atoms with Gasteiger partial charge in [-0.1, -0.05) is 6.92 Å². The van der Waals surface area contributed by atoms with Crippen LogP contribution in [0.15, 0.2) is 18.6 Å². The smallest absolute Gasteiger partial charge is 0.163 e. The molecule has 0 atom stereocenters. The quantitative estimate of drug-likeness (QED) is 0.781. The molecule has 0 amide bonds. The van der Waals surface area contributed by atoms with E-state index in [1.165, 1.54) is 19.4 Å². The van der Waals surface area contributed by atoms with Crippen molar-refractivity contribution in [3.8, 4) is 5.75 Å². The van der Waals surface area contributed by atoms with Crippen LogP contribution in [0.5, 0.6) is 5.75 Å². The first kappa shape index (κ1) is 10.5. The lowest BCUT2D eigenvalue weighted by Gasteiger charge is -2.09. The number of carbonyl (C=O) groups is 1. The van der Waals surface area contributed by atoms with Gasteiger partial charge in [0.15, 0.2) is 5.78 Å². The van der Waals surface area contributed by atoms with Gasteiger partial charge in [0.05, 0.1) is 16.5 Å². The summed E-state index contributed by atoms with van der Waals surface area (Å²) >= 11 is 0. The predicted octanol–water partition coefficient (Wildman–Crippen LogP) is 2.10. The molecular formula is C12H12N2O2.